The second-order valence-corrected chi connectivity index (χ2v) is 11.2. The monoisotopic (exact) mass is 553 g/mol. The van der Waals surface area contributed by atoms with Gasteiger partial charge < -0.3 is 10.2 Å². The Morgan fingerprint density at radius 2 is 1.76 bits per heavy atom. The SMILES string of the molecule is Cc1cc([C@@H](C)NC(=O)c2ccc3nc(C(F)(F)F)nc(N4CCCCC4)c3c2)c(F)cc1NS(C)(=O)=O. The molecule has 0 bridgehead atoms. The number of amides is 1. The Morgan fingerprint density at radius 1 is 1.08 bits per heavy atom. The normalized spacial score (nSPS) is 15.4. The number of aryl methyl sites for hydroxylation is 1. The van der Waals surface area contributed by atoms with Crippen molar-refractivity contribution in [1.82, 2.24) is 15.3 Å². The predicted molar refractivity (Wildman–Crippen MR) is 136 cm³/mol. The van der Waals surface area contributed by atoms with Crippen molar-refractivity contribution in [3.05, 3.63) is 58.7 Å². The summed E-state index contributed by atoms with van der Waals surface area (Å²) in [6, 6.07) is 5.84. The van der Waals surface area contributed by atoms with Crippen molar-refractivity contribution in [2.45, 2.75) is 45.3 Å². The molecular formula is C25H27F4N5O3S. The minimum absolute atomic E-state index is 0.0631. The first kappa shape index (κ1) is 27.6. The zero-order valence-corrected chi connectivity index (χ0v) is 21.8. The van der Waals surface area contributed by atoms with Gasteiger partial charge in [0.15, 0.2) is 0 Å². The number of carbonyl (C=O) groups is 1. The van der Waals surface area contributed by atoms with Gasteiger partial charge in [0.2, 0.25) is 15.8 Å². The first-order chi connectivity index (χ1) is 17.7. The summed E-state index contributed by atoms with van der Waals surface area (Å²) in [7, 11) is -3.61. The molecule has 1 atom stereocenters. The van der Waals surface area contributed by atoms with Crippen molar-refractivity contribution in [1.29, 1.82) is 0 Å². The van der Waals surface area contributed by atoms with Gasteiger partial charge in [0.1, 0.15) is 11.6 Å². The lowest BCUT2D eigenvalue weighted by atomic mass is 10.0. The van der Waals surface area contributed by atoms with E-state index in [4.69, 9.17) is 0 Å². The standard InChI is InChI=1S/C25H27F4N5O3S/c1-14-11-17(19(26)13-21(14)33-38(3,36)37)15(2)30-23(35)16-7-8-20-18(12-16)22(34-9-5-4-6-10-34)32-24(31-20)25(27,28)29/h7-8,11-13,15,33H,4-6,9-10H2,1-3H3,(H,30,35)/t15-/m1/s1. The Kier molecular flexibility index (Phi) is 7.51. The fourth-order valence-electron chi connectivity index (χ4n) is 4.43. The molecule has 2 heterocycles. The van der Waals surface area contributed by atoms with Crippen LogP contribution in [-0.2, 0) is 16.2 Å². The van der Waals surface area contributed by atoms with Gasteiger partial charge >= 0.3 is 6.18 Å². The van der Waals surface area contributed by atoms with E-state index in [1.807, 2.05) is 0 Å². The zero-order valence-electron chi connectivity index (χ0n) is 21.0. The topological polar surface area (TPSA) is 104 Å². The van der Waals surface area contributed by atoms with Crippen molar-refractivity contribution in [2.24, 2.45) is 0 Å². The summed E-state index contributed by atoms with van der Waals surface area (Å²) in [6.07, 6.45) is -1.17. The van der Waals surface area contributed by atoms with Crippen molar-refractivity contribution in [2.75, 3.05) is 29.0 Å². The number of piperidine rings is 1. The summed E-state index contributed by atoms with van der Waals surface area (Å²) in [6.45, 7) is 4.25. The van der Waals surface area contributed by atoms with Crippen LogP contribution in [0.2, 0.25) is 0 Å². The maximum atomic E-state index is 14.8. The summed E-state index contributed by atoms with van der Waals surface area (Å²) in [4.78, 5) is 22.3. The Balaban J connectivity index is 1.65. The average molecular weight is 554 g/mol. The second kappa shape index (κ2) is 10.4. The van der Waals surface area contributed by atoms with Gasteiger partial charge in [-0.15, -0.1) is 0 Å². The molecule has 8 nitrogen and oxygen atoms in total. The summed E-state index contributed by atoms with van der Waals surface area (Å²) in [5.41, 5.74) is 0.905. The van der Waals surface area contributed by atoms with Gasteiger partial charge in [-0.05, 0) is 69.0 Å². The van der Waals surface area contributed by atoms with E-state index in [2.05, 4.69) is 20.0 Å². The first-order valence-corrected chi connectivity index (χ1v) is 13.8. The van der Waals surface area contributed by atoms with Gasteiger partial charge in [0.25, 0.3) is 5.91 Å². The average Bonchev–Trinajstić information content (AvgIpc) is 2.84. The molecule has 1 aliphatic heterocycles. The number of alkyl halides is 3. The molecule has 1 saturated heterocycles. The summed E-state index contributed by atoms with van der Waals surface area (Å²) in [5.74, 6) is -2.40. The van der Waals surface area contributed by atoms with Crippen LogP contribution in [0.15, 0.2) is 30.3 Å². The van der Waals surface area contributed by atoms with Gasteiger partial charge in [-0.25, -0.2) is 22.8 Å². The fraction of sp³-hybridized carbons (Fsp3) is 0.400. The molecule has 1 fully saturated rings. The number of sulfonamides is 1. The predicted octanol–water partition coefficient (Wildman–Crippen LogP) is 4.95. The molecule has 3 aromatic rings. The molecule has 13 heteroatoms. The van der Waals surface area contributed by atoms with Crippen molar-refractivity contribution in [3.63, 3.8) is 0 Å². The van der Waals surface area contributed by atoms with Crippen LogP contribution in [0.1, 0.15) is 59.5 Å². The van der Waals surface area contributed by atoms with E-state index in [1.165, 1.54) is 24.3 Å². The van der Waals surface area contributed by atoms with E-state index in [0.29, 0.717) is 24.0 Å². The third-order valence-corrected chi connectivity index (χ3v) is 6.89. The third kappa shape index (κ3) is 6.14. The largest absolute Gasteiger partial charge is 0.451 e. The summed E-state index contributed by atoms with van der Waals surface area (Å²) in [5, 5.41) is 3.01. The van der Waals surface area contributed by atoms with Crippen LogP contribution < -0.4 is 14.9 Å². The molecule has 2 N–H and O–H groups in total. The van der Waals surface area contributed by atoms with Crippen LogP contribution >= 0.6 is 0 Å². The maximum Gasteiger partial charge on any atom is 0.451 e. The quantitative estimate of drug-likeness (QED) is 0.419. The highest BCUT2D eigenvalue weighted by molar-refractivity contribution is 7.92. The van der Waals surface area contributed by atoms with Crippen LogP contribution in [0.5, 0.6) is 0 Å². The number of carbonyl (C=O) groups excluding carboxylic acids is 1. The molecule has 1 aromatic heterocycles. The number of anilines is 2. The molecule has 38 heavy (non-hydrogen) atoms. The molecule has 1 aliphatic rings. The number of nitrogens with zero attached hydrogens (tertiary/aromatic N) is 3. The molecule has 0 radical (unpaired) electrons. The summed E-state index contributed by atoms with van der Waals surface area (Å²) < 4.78 is 80.5. The highest BCUT2D eigenvalue weighted by Crippen LogP contribution is 2.33. The van der Waals surface area contributed by atoms with Crippen molar-refractivity contribution >= 4 is 38.3 Å². The molecular weight excluding hydrogens is 526 g/mol. The molecule has 4 rings (SSSR count). The molecule has 1 amide bonds. The number of fused-ring (bicyclic) bond motifs is 1. The lowest BCUT2D eigenvalue weighted by molar-refractivity contribution is -0.144. The number of benzene rings is 2. The third-order valence-electron chi connectivity index (χ3n) is 6.30. The Hall–Kier alpha value is -3.48. The molecule has 2 aromatic carbocycles. The van der Waals surface area contributed by atoms with Crippen LogP contribution in [0.3, 0.4) is 0 Å². The Labute approximate surface area is 217 Å². The van der Waals surface area contributed by atoms with E-state index in [-0.39, 0.29) is 28.1 Å². The van der Waals surface area contributed by atoms with Crippen LogP contribution in [0, 0.1) is 12.7 Å². The van der Waals surface area contributed by atoms with E-state index < -0.39 is 39.8 Å². The minimum Gasteiger partial charge on any atom is -0.356 e. The lowest BCUT2D eigenvalue weighted by Gasteiger charge is -2.29. The molecule has 0 unspecified atom stereocenters. The number of nitrogens with one attached hydrogen (secondary N) is 2. The fourth-order valence-corrected chi connectivity index (χ4v) is 5.05. The zero-order chi connectivity index (χ0) is 27.8. The van der Waals surface area contributed by atoms with Crippen molar-refractivity contribution < 1.29 is 30.8 Å². The van der Waals surface area contributed by atoms with Gasteiger partial charge in [-0.1, -0.05) is 0 Å². The minimum atomic E-state index is -4.72. The number of aromatic nitrogens is 2. The van der Waals surface area contributed by atoms with Crippen LogP contribution in [0.4, 0.5) is 29.1 Å². The van der Waals surface area contributed by atoms with E-state index >= 15 is 0 Å². The van der Waals surface area contributed by atoms with Crippen LogP contribution in [-0.4, -0.2) is 43.6 Å². The maximum absolute atomic E-state index is 14.8. The van der Waals surface area contributed by atoms with Gasteiger partial charge in [0, 0.05) is 29.6 Å². The van der Waals surface area contributed by atoms with Gasteiger partial charge in [-0.3, -0.25) is 9.52 Å². The highest BCUT2D eigenvalue weighted by atomic mass is 32.2. The molecule has 0 saturated carbocycles. The van der Waals surface area contributed by atoms with E-state index in [1.54, 1.807) is 18.7 Å². The molecule has 204 valence electrons. The van der Waals surface area contributed by atoms with Crippen LogP contribution in [0.25, 0.3) is 10.9 Å². The second-order valence-electron chi connectivity index (χ2n) is 9.41. The Bertz CT molecular complexity index is 1490. The number of hydrogen-bond acceptors (Lipinski definition) is 6. The van der Waals surface area contributed by atoms with E-state index in [0.717, 1.165) is 31.6 Å². The van der Waals surface area contributed by atoms with Gasteiger partial charge in [-0.2, -0.15) is 13.2 Å². The smallest absolute Gasteiger partial charge is 0.356 e. The molecule has 0 spiro atoms. The number of hydrogen-bond donors (Lipinski definition) is 2. The molecule has 0 aliphatic carbocycles. The number of rotatable bonds is 6. The first-order valence-electron chi connectivity index (χ1n) is 12.0. The highest BCUT2D eigenvalue weighted by Gasteiger charge is 2.36. The summed E-state index contributed by atoms with van der Waals surface area (Å²) >= 11 is 0. The number of halogens is 4. The van der Waals surface area contributed by atoms with Gasteiger partial charge in [0.05, 0.1) is 23.5 Å². The van der Waals surface area contributed by atoms with E-state index in [9.17, 15) is 30.8 Å². The van der Waals surface area contributed by atoms with Crippen molar-refractivity contribution in [3.8, 4) is 0 Å². The Morgan fingerprint density at radius 3 is 2.39 bits per heavy atom. The lowest BCUT2D eigenvalue weighted by Crippen LogP contribution is -2.31.